The van der Waals surface area contributed by atoms with Crippen LogP contribution in [0.25, 0.3) is 0 Å². The zero-order valence-electron chi connectivity index (χ0n) is 16.1. The minimum atomic E-state index is 0.525. The molecule has 4 rings (SSSR count). The Morgan fingerprint density at radius 1 is 1.00 bits per heavy atom. The molecule has 1 aromatic carbocycles. The van der Waals surface area contributed by atoms with Crippen molar-refractivity contribution in [2.24, 2.45) is 5.92 Å². The Labute approximate surface area is 157 Å². The van der Waals surface area contributed by atoms with Crippen LogP contribution < -0.4 is 0 Å². The van der Waals surface area contributed by atoms with Crippen LogP contribution in [0, 0.1) is 5.92 Å². The first-order chi connectivity index (χ1) is 12.7. The molecule has 1 aromatic heterocycles. The summed E-state index contributed by atoms with van der Waals surface area (Å²) in [5, 5.41) is 9.17. The second kappa shape index (κ2) is 7.89. The summed E-state index contributed by atoms with van der Waals surface area (Å²) in [6.45, 7) is 12.4. The van der Waals surface area contributed by atoms with Crippen molar-refractivity contribution in [3.8, 4) is 0 Å². The maximum atomic E-state index is 4.62. The van der Waals surface area contributed by atoms with E-state index in [0.29, 0.717) is 5.92 Å². The maximum absolute atomic E-state index is 4.62. The average Bonchev–Trinajstić information content (AvgIpc) is 3.20. The molecule has 1 saturated heterocycles. The van der Waals surface area contributed by atoms with Crippen molar-refractivity contribution in [2.75, 3.05) is 32.7 Å². The number of fused-ring (bicyclic) bond motifs is 1. The average molecular weight is 354 g/mol. The number of aromatic nitrogens is 3. The maximum Gasteiger partial charge on any atom is 0.137 e. The molecule has 2 aliphatic rings. The van der Waals surface area contributed by atoms with E-state index in [2.05, 4.69) is 68.7 Å². The van der Waals surface area contributed by atoms with Gasteiger partial charge in [-0.1, -0.05) is 44.2 Å². The lowest BCUT2D eigenvalue weighted by Gasteiger charge is -2.21. The molecule has 2 aliphatic heterocycles. The Kier molecular flexibility index (Phi) is 5.36. The summed E-state index contributed by atoms with van der Waals surface area (Å²) in [4.78, 5) is 5.14. The van der Waals surface area contributed by atoms with Crippen LogP contribution in [-0.2, 0) is 19.5 Å². The summed E-state index contributed by atoms with van der Waals surface area (Å²) < 4.78 is 2.43. The molecule has 140 valence electrons. The lowest BCUT2D eigenvalue weighted by Crippen LogP contribution is -2.31. The molecule has 26 heavy (non-hydrogen) atoms. The van der Waals surface area contributed by atoms with Gasteiger partial charge in [0.2, 0.25) is 0 Å². The molecule has 0 spiro atoms. The van der Waals surface area contributed by atoms with Gasteiger partial charge in [-0.3, -0.25) is 4.90 Å². The van der Waals surface area contributed by atoms with Crippen molar-refractivity contribution in [1.82, 2.24) is 24.6 Å². The van der Waals surface area contributed by atoms with Gasteiger partial charge in [-0.25, -0.2) is 0 Å². The van der Waals surface area contributed by atoms with Crippen LogP contribution in [0.2, 0.25) is 0 Å². The van der Waals surface area contributed by atoms with Gasteiger partial charge in [-0.2, -0.15) is 0 Å². The summed E-state index contributed by atoms with van der Waals surface area (Å²) >= 11 is 0. The van der Waals surface area contributed by atoms with Gasteiger partial charge in [-0.05, 0) is 24.4 Å². The molecule has 0 radical (unpaired) electrons. The van der Waals surface area contributed by atoms with E-state index in [1.165, 1.54) is 30.2 Å². The largest absolute Gasteiger partial charge is 0.313 e. The highest BCUT2D eigenvalue weighted by Crippen LogP contribution is 2.28. The van der Waals surface area contributed by atoms with Crippen LogP contribution in [0.1, 0.15) is 43.4 Å². The first kappa shape index (κ1) is 17.7. The van der Waals surface area contributed by atoms with Crippen LogP contribution in [-0.4, -0.2) is 57.3 Å². The number of hydrogen-bond donors (Lipinski definition) is 0. The minimum absolute atomic E-state index is 0.525. The fraction of sp³-hybridized carbons (Fsp3) is 0.619. The highest BCUT2D eigenvalue weighted by Gasteiger charge is 2.30. The molecule has 1 unspecified atom stereocenters. The van der Waals surface area contributed by atoms with Crippen molar-refractivity contribution in [2.45, 2.75) is 45.7 Å². The fourth-order valence-corrected chi connectivity index (χ4v) is 4.42. The molecule has 1 atom stereocenters. The van der Waals surface area contributed by atoms with Gasteiger partial charge in [0.05, 0.1) is 0 Å². The Bertz CT molecular complexity index is 708. The molecule has 0 bridgehead atoms. The Hall–Kier alpha value is -1.72. The minimum Gasteiger partial charge on any atom is -0.313 e. The summed E-state index contributed by atoms with van der Waals surface area (Å²) in [5.41, 5.74) is 1.40. The number of hydrogen-bond acceptors (Lipinski definition) is 4. The first-order valence-corrected chi connectivity index (χ1v) is 10.1. The second-order valence-corrected chi connectivity index (χ2v) is 8.28. The normalized spacial score (nSPS) is 21.9. The SMILES string of the molecule is CC(C)CN1CCc2nnc(C3CCN(Cc4ccccc4)C3)n2CC1. The summed E-state index contributed by atoms with van der Waals surface area (Å²) in [5.74, 6) is 3.66. The molecule has 1 fully saturated rings. The smallest absolute Gasteiger partial charge is 0.137 e. The third kappa shape index (κ3) is 3.99. The number of likely N-dealkylation sites (tertiary alicyclic amines) is 1. The van der Waals surface area contributed by atoms with E-state index < -0.39 is 0 Å². The van der Waals surface area contributed by atoms with Gasteiger partial charge < -0.3 is 9.47 Å². The van der Waals surface area contributed by atoms with Crippen molar-refractivity contribution in [3.05, 3.63) is 47.5 Å². The Morgan fingerprint density at radius 3 is 2.65 bits per heavy atom. The van der Waals surface area contributed by atoms with Crippen molar-refractivity contribution in [1.29, 1.82) is 0 Å². The zero-order valence-corrected chi connectivity index (χ0v) is 16.1. The third-order valence-corrected chi connectivity index (χ3v) is 5.66. The zero-order chi connectivity index (χ0) is 17.9. The molecular weight excluding hydrogens is 322 g/mol. The lowest BCUT2D eigenvalue weighted by atomic mass is 10.1. The van der Waals surface area contributed by atoms with Gasteiger partial charge in [-0.15, -0.1) is 10.2 Å². The fourth-order valence-electron chi connectivity index (χ4n) is 4.42. The van der Waals surface area contributed by atoms with Crippen LogP contribution in [0.15, 0.2) is 30.3 Å². The van der Waals surface area contributed by atoms with E-state index in [0.717, 1.165) is 51.6 Å². The highest BCUT2D eigenvalue weighted by atomic mass is 15.3. The summed E-state index contributed by atoms with van der Waals surface area (Å²) in [6.07, 6.45) is 2.22. The van der Waals surface area contributed by atoms with Gasteiger partial charge >= 0.3 is 0 Å². The lowest BCUT2D eigenvalue weighted by molar-refractivity contribution is 0.248. The van der Waals surface area contributed by atoms with Gasteiger partial charge in [0.25, 0.3) is 0 Å². The molecule has 2 aromatic rings. The number of benzene rings is 1. The van der Waals surface area contributed by atoms with Crippen molar-refractivity contribution >= 4 is 0 Å². The molecule has 0 saturated carbocycles. The van der Waals surface area contributed by atoms with Crippen LogP contribution in [0.4, 0.5) is 0 Å². The predicted molar refractivity (Wildman–Crippen MR) is 104 cm³/mol. The topological polar surface area (TPSA) is 37.2 Å². The van der Waals surface area contributed by atoms with E-state index in [-0.39, 0.29) is 0 Å². The third-order valence-electron chi connectivity index (χ3n) is 5.66. The molecule has 5 heteroatoms. The van der Waals surface area contributed by atoms with E-state index >= 15 is 0 Å². The van der Waals surface area contributed by atoms with Gasteiger partial charge in [0.15, 0.2) is 0 Å². The van der Waals surface area contributed by atoms with E-state index in [9.17, 15) is 0 Å². The Balaban J connectivity index is 1.40. The van der Waals surface area contributed by atoms with Crippen molar-refractivity contribution < 1.29 is 0 Å². The summed E-state index contributed by atoms with van der Waals surface area (Å²) in [6, 6.07) is 10.8. The van der Waals surface area contributed by atoms with E-state index in [1.54, 1.807) is 0 Å². The molecule has 0 amide bonds. The Morgan fingerprint density at radius 2 is 1.85 bits per heavy atom. The number of nitrogens with zero attached hydrogens (tertiary/aromatic N) is 5. The van der Waals surface area contributed by atoms with E-state index in [4.69, 9.17) is 0 Å². The second-order valence-electron chi connectivity index (χ2n) is 8.28. The molecule has 5 nitrogen and oxygen atoms in total. The predicted octanol–water partition coefficient (Wildman–Crippen LogP) is 2.78. The molecule has 3 heterocycles. The standard InChI is InChI=1S/C21H31N5/c1-17(2)14-24-11-9-20-22-23-21(26(20)13-12-24)19-8-10-25(16-19)15-18-6-4-3-5-7-18/h3-7,17,19H,8-16H2,1-2H3. The molecule has 0 N–H and O–H groups in total. The number of rotatable bonds is 5. The van der Waals surface area contributed by atoms with Gasteiger partial charge in [0.1, 0.15) is 11.6 Å². The van der Waals surface area contributed by atoms with Crippen molar-refractivity contribution in [3.63, 3.8) is 0 Å². The highest BCUT2D eigenvalue weighted by molar-refractivity contribution is 5.15. The van der Waals surface area contributed by atoms with Gasteiger partial charge in [0, 0.05) is 51.6 Å². The monoisotopic (exact) mass is 353 g/mol. The first-order valence-electron chi connectivity index (χ1n) is 10.1. The van der Waals surface area contributed by atoms with Crippen LogP contribution >= 0.6 is 0 Å². The molecular formula is C21H31N5. The molecule has 0 aliphatic carbocycles. The quantitative estimate of drug-likeness (QED) is 0.828. The summed E-state index contributed by atoms with van der Waals surface area (Å²) in [7, 11) is 0. The van der Waals surface area contributed by atoms with Crippen LogP contribution in [0.5, 0.6) is 0 Å². The van der Waals surface area contributed by atoms with E-state index in [1.807, 2.05) is 0 Å². The van der Waals surface area contributed by atoms with Crippen LogP contribution in [0.3, 0.4) is 0 Å².